The van der Waals surface area contributed by atoms with Gasteiger partial charge < -0.3 is 13.8 Å². The number of nitrogens with zero attached hydrogens (tertiary/aromatic N) is 3. The molecule has 1 N–H and O–H groups in total. The van der Waals surface area contributed by atoms with Gasteiger partial charge in [0.15, 0.2) is 13.2 Å². The standard InChI is InChI=1S/C16H10Cl2F6N4O5/c17-28(9-3-1-8(2-4-9)12(29)33-18)14(30)27-13-25-10(31-6-15(19,20)21)5-11(26-13)32-7-16(22,23)24/h1-5H,6-7H2,(H,25,26,27,30). The van der Waals surface area contributed by atoms with E-state index in [0.717, 1.165) is 0 Å². The normalized spacial score (nSPS) is 11.5. The molecule has 2 rings (SSSR count). The molecular formula is C16H10Cl2F6N4O5. The van der Waals surface area contributed by atoms with E-state index in [0.29, 0.717) is 10.5 Å². The lowest BCUT2D eigenvalue weighted by atomic mass is 10.2. The minimum absolute atomic E-state index is 0.00156. The Balaban J connectivity index is 2.20. The van der Waals surface area contributed by atoms with Gasteiger partial charge in [0, 0.05) is 11.8 Å². The van der Waals surface area contributed by atoms with E-state index < -0.39 is 55.3 Å². The fourth-order valence-electron chi connectivity index (χ4n) is 1.95. The Bertz CT molecular complexity index is 955. The third-order valence-corrected chi connectivity index (χ3v) is 3.73. The molecule has 1 aromatic carbocycles. The molecule has 1 heterocycles. The second kappa shape index (κ2) is 10.6. The summed E-state index contributed by atoms with van der Waals surface area (Å²) in [6.07, 6.45) is -9.56. The third kappa shape index (κ3) is 8.69. The van der Waals surface area contributed by atoms with E-state index in [1.807, 2.05) is 5.32 Å². The van der Waals surface area contributed by atoms with E-state index in [2.05, 4.69) is 23.7 Å². The van der Waals surface area contributed by atoms with Crippen LogP contribution >= 0.6 is 23.6 Å². The minimum atomic E-state index is -4.78. The van der Waals surface area contributed by atoms with E-state index in [9.17, 15) is 35.9 Å². The zero-order chi connectivity index (χ0) is 24.8. The zero-order valence-corrected chi connectivity index (χ0v) is 17.2. The summed E-state index contributed by atoms with van der Waals surface area (Å²) in [5.41, 5.74) is 0.0156. The topological polar surface area (TPSA) is 103 Å². The van der Waals surface area contributed by atoms with Crippen LogP contribution in [0.15, 0.2) is 30.3 Å². The molecule has 2 aromatic rings. The highest BCUT2D eigenvalue weighted by Gasteiger charge is 2.30. The highest BCUT2D eigenvalue weighted by molar-refractivity contribution is 6.37. The summed E-state index contributed by atoms with van der Waals surface area (Å²) in [6, 6.07) is 4.22. The van der Waals surface area contributed by atoms with Crippen molar-refractivity contribution in [1.82, 2.24) is 9.97 Å². The molecule has 0 fully saturated rings. The van der Waals surface area contributed by atoms with Crippen LogP contribution in [-0.2, 0) is 4.29 Å². The number of carbonyl (C=O) groups is 2. The molecule has 0 unspecified atom stereocenters. The lowest BCUT2D eigenvalue weighted by molar-refractivity contribution is -0.154. The summed E-state index contributed by atoms with van der Waals surface area (Å²) in [4.78, 5) is 30.5. The van der Waals surface area contributed by atoms with Gasteiger partial charge in [-0.15, -0.1) is 0 Å². The SMILES string of the molecule is O=C(OCl)c1ccc(N(Cl)C(=O)Nc2nc(OCC(F)(F)F)cc(OCC(F)(F)F)n2)cc1. The van der Waals surface area contributed by atoms with Crippen LogP contribution in [0.2, 0.25) is 0 Å². The Labute approximate surface area is 190 Å². The molecule has 0 saturated heterocycles. The minimum Gasteiger partial charge on any atom is -0.468 e. The average Bonchev–Trinajstić information content (AvgIpc) is 2.74. The van der Waals surface area contributed by atoms with E-state index in [1.165, 1.54) is 24.3 Å². The number of rotatable bonds is 7. The number of hydrogen-bond donors (Lipinski definition) is 1. The summed E-state index contributed by atoms with van der Waals surface area (Å²) in [5.74, 6) is -3.33. The molecule has 0 radical (unpaired) electrons. The summed E-state index contributed by atoms with van der Waals surface area (Å²) in [7, 11) is 0. The molecule has 9 nitrogen and oxygen atoms in total. The van der Waals surface area contributed by atoms with E-state index in [-0.39, 0.29) is 11.3 Å². The van der Waals surface area contributed by atoms with Crippen LogP contribution in [0.4, 0.5) is 42.8 Å². The summed E-state index contributed by atoms with van der Waals surface area (Å²) in [6.45, 7) is -3.65. The van der Waals surface area contributed by atoms with Crippen LogP contribution in [-0.4, -0.2) is 47.5 Å². The Kier molecular flexibility index (Phi) is 8.38. The van der Waals surface area contributed by atoms with Crippen LogP contribution in [0.3, 0.4) is 0 Å². The molecule has 33 heavy (non-hydrogen) atoms. The maximum absolute atomic E-state index is 12.4. The number of nitrogens with one attached hydrogen (secondary N) is 1. The first kappa shape index (κ1) is 26.1. The van der Waals surface area contributed by atoms with Crippen molar-refractivity contribution in [3.63, 3.8) is 0 Å². The average molecular weight is 523 g/mol. The van der Waals surface area contributed by atoms with E-state index in [4.69, 9.17) is 23.6 Å². The second-order valence-electron chi connectivity index (χ2n) is 5.80. The largest absolute Gasteiger partial charge is 0.468 e. The van der Waals surface area contributed by atoms with E-state index in [1.54, 1.807) is 0 Å². The number of anilines is 2. The summed E-state index contributed by atoms with van der Waals surface area (Å²) >= 11 is 10.8. The van der Waals surface area contributed by atoms with Crippen LogP contribution < -0.4 is 19.2 Å². The fourth-order valence-corrected chi connectivity index (χ4v) is 2.20. The van der Waals surface area contributed by atoms with Crippen molar-refractivity contribution in [2.45, 2.75) is 12.4 Å². The molecule has 0 bridgehead atoms. The highest BCUT2D eigenvalue weighted by Crippen LogP contribution is 2.25. The molecule has 0 aliphatic rings. The number of amides is 2. The van der Waals surface area contributed by atoms with Gasteiger partial charge in [-0.25, -0.2) is 14.0 Å². The van der Waals surface area contributed by atoms with Gasteiger partial charge in [0.1, 0.15) is 11.9 Å². The van der Waals surface area contributed by atoms with Crippen molar-refractivity contribution < 1.29 is 49.7 Å². The molecule has 0 aliphatic carbocycles. The van der Waals surface area contributed by atoms with Gasteiger partial charge in [-0.2, -0.15) is 36.3 Å². The van der Waals surface area contributed by atoms with Crippen molar-refractivity contribution in [2.24, 2.45) is 0 Å². The molecule has 0 atom stereocenters. The third-order valence-electron chi connectivity index (χ3n) is 3.24. The van der Waals surface area contributed by atoms with Gasteiger partial charge >= 0.3 is 24.4 Å². The molecule has 0 saturated carbocycles. The molecule has 180 valence electrons. The number of ether oxygens (including phenoxy) is 2. The zero-order valence-electron chi connectivity index (χ0n) is 15.7. The highest BCUT2D eigenvalue weighted by atomic mass is 35.5. The Hall–Kier alpha value is -3.20. The molecule has 2 amide bonds. The van der Waals surface area contributed by atoms with Gasteiger partial charge in [-0.05, 0) is 24.3 Å². The summed E-state index contributed by atoms with van der Waals surface area (Å²) < 4.78 is 87.4. The van der Waals surface area contributed by atoms with E-state index >= 15 is 0 Å². The van der Waals surface area contributed by atoms with Crippen LogP contribution in [0.25, 0.3) is 0 Å². The van der Waals surface area contributed by atoms with Crippen molar-refractivity contribution in [2.75, 3.05) is 22.9 Å². The molecule has 0 spiro atoms. The quantitative estimate of drug-likeness (QED) is 0.409. The Morgan fingerprint density at radius 1 is 0.939 bits per heavy atom. The molecule has 0 aliphatic heterocycles. The lowest BCUT2D eigenvalue weighted by Crippen LogP contribution is -2.28. The number of halogens is 8. The first-order valence-electron chi connectivity index (χ1n) is 8.25. The number of alkyl halides is 6. The smallest absolute Gasteiger partial charge is 0.422 e. The maximum Gasteiger partial charge on any atom is 0.422 e. The molecule has 17 heteroatoms. The predicted octanol–water partition coefficient (Wildman–Crippen LogP) is 4.86. The molecule has 1 aromatic heterocycles. The Morgan fingerprint density at radius 2 is 1.42 bits per heavy atom. The van der Waals surface area contributed by atoms with Crippen molar-refractivity contribution in [1.29, 1.82) is 0 Å². The van der Waals surface area contributed by atoms with Crippen molar-refractivity contribution in [3.05, 3.63) is 35.9 Å². The van der Waals surface area contributed by atoms with Crippen molar-refractivity contribution in [3.8, 4) is 11.8 Å². The first-order chi connectivity index (χ1) is 15.3. The number of urea groups is 1. The first-order valence-corrected chi connectivity index (χ1v) is 8.90. The van der Waals surface area contributed by atoms with Crippen LogP contribution in [0.1, 0.15) is 10.4 Å². The number of aromatic nitrogens is 2. The van der Waals surface area contributed by atoms with Gasteiger partial charge in [0.25, 0.3) is 0 Å². The van der Waals surface area contributed by atoms with Crippen LogP contribution in [0.5, 0.6) is 11.8 Å². The van der Waals surface area contributed by atoms with Crippen molar-refractivity contribution >= 4 is 47.3 Å². The second-order valence-corrected chi connectivity index (χ2v) is 6.29. The monoisotopic (exact) mass is 522 g/mol. The van der Waals surface area contributed by atoms with Gasteiger partial charge in [-0.1, -0.05) is 0 Å². The number of hydrogen-bond acceptors (Lipinski definition) is 7. The summed E-state index contributed by atoms with van der Waals surface area (Å²) in [5, 5.41) is 1.96. The predicted molar refractivity (Wildman–Crippen MR) is 100 cm³/mol. The Morgan fingerprint density at radius 3 is 1.85 bits per heavy atom. The van der Waals surface area contributed by atoms with Gasteiger partial charge in [0.2, 0.25) is 17.7 Å². The number of benzene rings is 1. The number of carbonyl (C=O) groups excluding carboxylic acids is 2. The fraction of sp³-hybridized carbons (Fsp3) is 0.250. The maximum atomic E-state index is 12.4. The van der Waals surface area contributed by atoms with Gasteiger partial charge in [-0.3, -0.25) is 5.32 Å². The van der Waals surface area contributed by atoms with Gasteiger partial charge in [0.05, 0.1) is 17.3 Å². The molecular weight excluding hydrogens is 513 g/mol. The lowest BCUT2D eigenvalue weighted by Gasteiger charge is -2.16. The van der Waals surface area contributed by atoms with Crippen LogP contribution in [0, 0.1) is 0 Å².